The Morgan fingerprint density at radius 3 is 2.40 bits per heavy atom. The van der Waals surface area contributed by atoms with Crippen LogP contribution in [0.15, 0.2) is 10.4 Å². The average molecular weight is 528 g/mol. The minimum Gasteiger partial charge on any atom is -0.480 e. The van der Waals surface area contributed by atoms with Crippen LogP contribution in [-0.4, -0.2) is 70.8 Å². The van der Waals surface area contributed by atoms with Gasteiger partial charge in [0.15, 0.2) is 5.13 Å². The standard InChI is InChI=1S/C25H41N3O5S2/c1-25(2,22(29)30)35-21-16-26-23(34-21)27-24(31)28(19-8-6-4-5-7-9-19)20-12-10-18(11-13-20)17-33-15-14-32-3/h16,18-20H,4-15,17H2,1-3H3,(H,29,30)(H,26,27,31). The zero-order chi connectivity index (χ0) is 25.3. The first-order valence-electron chi connectivity index (χ1n) is 12.8. The van der Waals surface area contributed by atoms with Crippen molar-refractivity contribution in [2.24, 2.45) is 5.92 Å². The lowest BCUT2D eigenvalue weighted by atomic mass is 9.85. The molecule has 1 heterocycles. The van der Waals surface area contributed by atoms with Crippen molar-refractivity contribution in [1.82, 2.24) is 9.88 Å². The molecule has 8 nitrogen and oxygen atoms in total. The number of hydrogen-bond donors (Lipinski definition) is 2. The molecule has 0 bridgehead atoms. The number of aliphatic carboxylic acids is 1. The predicted octanol–water partition coefficient (Wildman–Crippen LogP) is 5.88. The molecule has 35 heavy (non-hydrogen) atoms. The van der Waals surface area contributed by atoms with Gasteiger partial charge in [-0.2, -0.15) is 0 Å². The van der Waals surface area contributed by atoms with Crippen LogP contribution in [0.1, 0.15) is 78.1 Å². The van der Waals surface area contributed by atoms with Gasteiger partial charge in [0.25, 0.3) is 0 Å². The van der Waals surface area contributed by atoms with Gasteiger partial charge in [0.05, 0.1) is 23.6 Å². The second-order valence-corrected chi connectivity index (χ2v) is 13.1. The summed E-state index contributed by atoms with van der Waals surface area (Å²) in [6.45, 7) is 5.36. The third-order valence-electron chi connectivity index (χ3n) is 7.02. The van der Waals surface area contributed by atoms with Gasteiger partial charge in [0.2, 0.25) is 0 Å². The molecule has 2 fully saturated rings. The van der Waals surface area contributed by atoms with Gasteiger partial charge in [-0.1, -0.05) is 48.8 Å². The third-order valence-corrected chi connectivity index (χ3v) is 9.22. The van der Waals surface area contributed by atoms with Crippen LogP contribution in [0, 0.1) is 5.92 Å². The maximum atomic E-state index is 13.6. The Labute approximate surface area is 217 Å². The maximum absolute atomic E-state index is 13.6. The normalized spacial score (nSPS) is 21.9. The fourth-order valence-corrected chi connectivity index (χ4v) is 7.23. The summed E-state index contributed by atoms with van der Waals surface area (Å²) in [5.74, 6) is -0.334. The molecule has 1 aromatic rings. The van der Waals surface area contributed by atoms with Crippen LogP contribution in [0.25, 0.3) is 0 Å². The van der Waals surface area contributed by atoms with Crippen molar-refractivity contribution in [1.29, 1.82) is 0 Å². The van der Waals surface area contributed by atoms with Crippen LogP contribution in [-0.2, 0) is 14.3 Å². The Hall–Kier alpha value is -1.36. The lowest BCUT2D eigenvalue weighted by molar-refractivity contribution is -0.138. The molecule has 198 valence electrons. The second-order valence-electron chi connectivity index (χ2n) is 10.1. The summed E-state index contributed by atoms with van der Waals surface area (Å²) in [6.07, 6.45) is 12.7. The monoisotopic (exact) mass is 527 g/mol. The van der Waals surface area contributed by atoms with Crippen LogP contribution in [0.2, 0.25) is 0 Å². The number of carbonyl (C=O) groups is 2. The first-order valence-corrected chi connectivity index (χ1v) is 14.5. The number of hydrogen-bond acceptors (Lipinski definition) is 7. The van der Waals surface area contributed by atoms with Gasteiger partial charge in [0, 0.05) is 25.8 Å². The number of aromatic nitrogens is 1. The maximum Gasteiger partial charge on any atom is 0.324 e. The molecule has 0 saturated heterocycles. The molecule has 2 N–H and O–H groups in total. The summed E-state index contributed by atoms with van der Waals surface area (Å²) in [6, 6.07) is 0.421. The van der Waals surface area contributed by atoms with Gasteiger partial charge >= 0.3 is 12.0 Å². The summed E-state index contributed by atoms with van der Waals surface area (Å²) in [5, 5.41) is 13.0. The topological polar surface area (TPSA) is 101 Å². The highest BCUT2D eigenvalue weighted by Crippen LogP contribution is 2.38. The highest BCUT2D eigenvalue weighted by atomic mass is 32.2. The molecule has 3 rings (SSSR count). The number of urea groups is 1. The van der Waals surface area contributed by atoms with Gasteiger partial charge < -0.3 is 19.5 Å². The number of anilines is 1. The SMILES string of the molecule is COCCOCC1CCC(N(C(=O)Nc2ncc(SC(C)(C)C(=O)O)s2)C2CCCCCC2)CC1. The van der Waals surface area contributed by atoms with Crippen LogP contribution in [0.4, 0.5) is 9.93 Å². The van der Waals surface area contributed by atoms with Crippen molar-refractivity contribution in [3.63, 3.8) is 0 Å². The Balaban J connectivity index is 1.63. The summed E-state index contributed by atoms with van der Waals surface area (Å²) in [5.41, 5.74) is 0. The first kappa shape index (κ1) is 28.2. The zero-order valence-electron chi connectivity index (χ0n) is 21.3. The van der Waals surface area contributed by atoms with Gasteiger partial charge in [-0.15, -0.1) is 0 Å². The first-order chi connectivity index (χ1) is 16.8. The zero-order valence-corrected chi connectivity index (χ0v) is 22.9. The van der Waals surface area contributed by atoms with E-state index in [-0.39, 0.29) is 18.1 Å². The fourth-order valence-electron chi connectivity index (χ4n) is 4.96. The third kappa shape index (κ3) is 8.61. The van der Waals surface area contributed by atoms with E-state index in [1.165, 1.54) is 48.8 Å². The van der Waals surface area contributed by atoms with E-state index in [1.54, 1.807) is 27.2 Å². The number of nitrogens with zero attached hydrogens (tertiary/aromatic N) is 2. The minimum atomic E-state index is -0.952. The van der Waals surface area contributed by atoms with Crippen molar-refractivity contribution >= 4 is 40.2 Å². The molecule has 0 aromatic carbocycles. The van der Waals surface area contributed by atoms with Crippen LogP contribution in [0.5, 0.6) is 0 Å². The lowest BCUT2D eigenvalue weighted by Crippen LogP contribution is -2.50. The van der Waals surface area contributed by atoms with E-state index in [1.807, 2.05) is 0 Å². The van der Waals surface area contributed by atoms with Crippen molar-refractivity contribution in [2.75, 3.05) is 32.2 Å². The summed E-state index contributed by atoms with van der Waals surface area (Å²) in [4.78, 5) is 31.6. The molecule has 10 heteroatoms. The van der Waals surface area contributed by atoms with Crippen LogP contribution in [0.3, 0.4) is 0 Å². The van der Waals surface area contributed by atoms with Gasteiger partial charge in [-0.25, -0.2) is 9.78 Å². The number of rotatable bonds is 11. The molecular weight excluding hydrogens is 486 g/mol. The number of carboxylic acids is 1. The Morgan fingerprint density at radius 1 is 1.11 bits per heavy atom. The summed E-state index contributed by atoms with van der Waals surface area (Å²) < 4.78 is 10.6. The molecule has 1 aromatic heterocycles. The van der Waals surface area contributed by atoms with Crippen molar-refractivity contribution in [2.45, 2.75) is 99.1 Å². The summed E-state index contributed by atoms with van der Waals surface area (Å²) >= 11 is 2.59. The molecule has 2 aliphatic rings. The van der Waals surface area contributed by atoms with Crippen LogP contribution < -0.4 is 5.32 Å². The second kappa shape index (κ2) is 13.8. The number of nitrogens with one attached hydrogen (secondary N) is 1. The molecule has 2 amide bonds. The van der Waals surface area contributed by atoms with Gasteiger partial charge in [0.1, 0.15) is 4.75 Å². The molecule has 0 radical (unpaired) electrons. The molecule has 0 aliphatic heterocycles. The largest absolute Gasteiger partial charge is 0.480 e. The van der Waals surface area contributed by atoms with E-state index in [0.717, 1.165) is 49.3 Å². The van der Waals surface area contributed by atoms with Gasteiger partial charge in [-0.3, -0.25) is 10.1 Å². The van der Waals surface area contributed by atoms with E-state index < -0.39 is 10.7 Å². The quantitative estimate of drug-likeness (QED) is 0.211. The van der Waals surface area contributed by atoms with E-state index in [4.69, 9.17) is 9.47 Å². The average Bonchev–Trinajstić information content (AvgIpc) is 3.07. The minimum absolute atomic E-state index is 0.0694. The summed E-state index contributed by atoms with van der Waals surface area (Å²) in [7, 11) is 1.68. The van der Waals surface area contributed by atoms with E-state index in [0.29, 0.717) is 24.3 Å². The lowest BCUT2D eigenvalue weighted by Gasteiger charge is -2.41. The Kier molecular flexibility index (Phi) is 11.1. The molecule has 0 atom stereocenters. The predicted molar refractivity (Wildman–Crippen MR) is 140 cm³/mol. The van der Waals surface area contributed by atoms with E-state index in [2.05, 4.69) is 15.2 Å². The number of thiazole rings is 1. The van der Waals surface area contributed by atoms with E-state index >= 15 is 0 Å². The Morgan fingerprint density at radius 2 is 1.77 bits per heavy atom. The highest BCUT2D eigenvalue weighted by molar-refractivity contribution is 8.03. The molecule has 2 aliphatic carbocycles. The van der Waals surface area contributed by atoms with Crippen LogP contribution >= 0.6 is 23.1 Å². The van der Waals surface area contributed by atoms with Gasteiger partial charge in [-0.05, 0) is 58.3 Å². The smallest absolute Gasteiger partial charge is 0.324 e. The van der Waals surface area contributed by atoms with E-state index in [9.17, 15) is 14.7 Å². The number of amides is 2. The number of carboxylic acid groups (broad SMARTS) is 1. The van der Waals surface area contributed by atoms with Crippen molar-refractivity contribution in [3.05, 3.63) is 6.20 Å². The molecule has 0 spiro atoms. The molecule has 0 unspecified atom stereocenters. The van der Waals surface area contributed by atoms with Crippen molar-refractivity contribution in [3.8, 4) is 0 Å². The molecular formula is C25H41N3O5S2. The van der Waals surface area contributed by atoms with Crippen molar-refractivity contribution < 1.29 is 24.2 Å². The number of methoxy groups -OCH3 is 1. The number of ether oxygens (including phenoxy) is 2. The number of thioether (sulfide) groups is 1. The fraction of sp³-hybridized carbons (Fsp3) is 0.800. The Bertz CT molecular complexity index is 803. The number of carbonyl (C=O) groups excluding carboxylic acids is 1. The highest BCUT2D eigenvalue weighted by Gasteiger charge is 2.35. The molecule has 2 saturated carbocycles.